The molecule has 0 bridgehead atoms. The minimum absolute atomic E-state index is 0.0311. The number of para-hydroxylation sites is 2. The number of ether oxygens (including phenoxy) is 2. The number of aromatic nitrogens is 3. The van der Waals surface area contributed by atoms with E-state index in [1.54, 1.807) is 6.08 Å². The smallest absolute Gasteiger partial charge is 0.238 e. The van der Waals surface area contributed by atoms with E-state index in [1.807, 2.05) is 28.8 Å². The van der Waals surface area contributed by atoms with Crippen molar-refractivity contribution in [1.82, 2.24) is 14.8 Å². The number of allylic oxidation sites excluding steroid dienone is 1. The van der Waals surface area contributed by atoms with Crippen LogP contribution >= 0.6 is 11.8 Å². The van der Waals surface area contributed by atoms with Gasteiger partial charge < -0.3 is 14.8 Å². The van der Waals surface area contributed by atoms with Crippen molar-refractivity contribution in [3.05, 3.63) is 67.0 Å². The molecule has 1 aromatic heterocycles. The molecule has 12 heteroatoms. The number of nitrogens with one attached hydrogen (secondary N) is 1. The molecular weight excluding hydrogens is 466 g/mol. The fourth-order valence-electron chi connectivity index (χ4n) is 3.15. The largest absolute Gasteiger partial charge is 0.485 e. The average Bonchev–Trinajstić information content (AvgIpc) is 3.20. The molecule has 1 aliphatic rings. The summed E-state index contributed by atoms with van der Waals surface area (Å²) in [4.78, 5) is 12.4. The number of thioether (sulfide) groups is 1. The van der Waals surface area contributed by atoms with Crippen LogP contribution in [0.4, 0.5) is 5.69 Å². The number of benzene rings is 2. The van der Waals surface area contributed by atoms with Crippen LogP contribution in [0.2, 0.25) is 0 Å². The van der Waals surface area contributed by atoms with Crippen LogP contribution in [0, 0.1) is 0 Å². The number of hydrogen-bond acceptors (Lipinski definition) is 8. The third-order valence-corrected chi connectivity index (χ3v) is 6.55. The highest BCUT2D eigenvalue weighted by Gasteiger charge is 2.28. The summed E-state index contributed by atoms with van der Waals surface area (Å²) in [6.07, 6.45) is 1.26. The zero-order valence-corrected chi connectivity index (χ0v) is 19.0. The number of sulfonamides is 1. The van der Waals surface area contributed by atoms with Gasteiger partial charge in [0.25, 0.3) is 0 Å². The van der Waals surface area contributed by atoms with E-state index in [1.165, 1.54) is 36.0 Å². The van der Waals surface area contributed by atoms with E-state index in [0.29, 0.717) is 34.7 Å². The van der Waals surface area contributed by atoms with Gasteiger partial charge in [0, 0.05) is 12.2 Å². The Morgan fingerprint density at radius 1 is 1.21 bits per heavy atom. The molecule has 1 aliphatic heterocycles. The molecule has 10 nitrogen and oxygen atoms in total. The van der Waals surface area contributed by atoms with E-state index < -0.39 is 16.1 Å². The Hall–Kier alpha value is -3.35. The molecule has 3 N–H and O–H groups in total. The van der Waals surface area contributed by atoms with Gasteiger partial charge in [0.05, 0.1) is 10.6 Å². The van der Waals surface area contributed by atoms with Crippen molar-refractivity contribution in [3.8, 4) is 11.5 Å². The molecule has 4 rings (SSSR count). The van der Waals surface area contributed by atoms with Gasteiger partial charge in [-0.1, -0.05) is 30.0 Å². The molecule has 2 aromatic carbocycles. The Morgan fingerprint density at radius 2 is 1.94 bits per heavy atom. The lowest BCUT2D eigenvalue weighted by Gasteiger charge is -2.26. The van der Waals surface area contributed by atoms with E-state index in [2.05, 4.69) is 22.1 Å². The van der Waals surface area contributed by atoms with E-state index in [9.17, 15) is 13.2 Å². The molecule has 0 fully saturated rings. The van der Waals surface area contributed by atoms with Crippen LogP contribution in [0.1, 0.15) is 11.9 Å². The first-order valence-electron chi connectivity index (χ1n) is 9.83. The molecule has 1 atom stereocenters. The van der Waals surface area contributed by atoms with Gasteiger partial charge in [0.1, 0.15) is 6.61 Å². The Balaban J connectivity index is 1.42. The zero-order valence-electron chi connectivity index (χ0n) is 17.4. The van der Waals surface area contributed by atoms with E-state index in [4.69, 9.17) is 14.6 Å². The van der Waals surface area contributed by atoms with Crippen LogP contribution in [0.5, 0.6) is 11.5 Å². The van der Waals surface area contributed by atoms with Crippen LogP contribution in [-0.2, 0) is 21.4 Å². The van der Waals surface area contributed by atoms with Crippen molar-refractivity contribution < 1.29 is 22.7 Å². The first-order valence-corrected chi connectivity index (χ1v) is 12.4. The number of primary sulfonamides is 1. The molecule has 172 valence electrons. The van der Waals surface area contributed by atoms with Gasteiger partial charge in [-0.05, 0) is 36.4 Å². The Morgan fingerprint density at radius 3 is 2.64 bits per heavy atom. The molecule has 0 radical (unpaired) electrons. The van der Waals surface area contributed by atoms with Gasteiger partial charge in [-0.2, -0.15) is 0 Å². The van der Waals surface area contributed by atoms with Crippen molar-refractivity contribution in [2.75, 3.05) is 17.7 Å². The molecule has 3 aromatic rings. The third kappa shape index (κ3) is 5.35. The maximum atomic E-state index is 12.4. The van der Waals surface area contributed by atoms with Crippen LogP contribution in [0.15, 0.2) is 71.2 Å². The summed E-state index contributed by atoms with van der Waals surface area (Å²) in [5.74, 6) is 1.66. The number of nitrogens with two attached hydrogens (primary N) is 1. The van der Waals surface area contributed by atoms with Gasteiger partial charge >= 0.3 is 0 Å². The molecule has 33 heavy (non-hydrogen) atoms. The molecular formula is C21H21N5O5S2. The number of carbonyl (C=O) groups excluding carboxylic acids is 1. The van der Waals surface area contributed by atoms with Crippen molar-refractivity contribution >= 4 is 33.4 Å². The number of hydrogen-bond donors (Lipinski definition) is 2. The highest BCUT2D eigenvalue weighted by atomic mass is 32.2. The Bertz CT molecular complexity index is 1270. The van der Waals surface area contributed by atoms with Gasteiger partial charge in [-0.3, -0.25) is 9.36 Å². The average molecular weight is 488 g/mol. The number of rotatable bonds is 8. The minimum atomic E-state index is -3.79. The van der Waals surface area contributed by atoms with Crippen molar-refractivity contribution in [3.63, 3.8) is 0 Å². The second kappa shape index (κ2) is 9.65. The summed E-state index contributed by atoms with van der Waals surface area (Å²) < 4.78 is 36.3. The number of nitrogens with zero attached hydrogens (tertiary/aromatic N) is 3. The summed E-state index contributed by atoms with van der Waals surface area (Å²) in [6, 6.07) is 13.0. The number of anilines is 1. The maximum absolute atomic E-state index is 12.4. The number of carbonyl (C=O) groups is 1. The molecule has 0 aliphatic carbocycles. The van der Waals surface area contributed by atoms with Crippen molar-refractivity contribution in [2.45, 2.75) is 22.7 Å². The fraction of sp³-hybridized carbons (Fsp3) is 0.190. The van der Waals surface area contributed by atoms with E-state index in [0.717, 1.165) is 0 Å². The molecule has 0 saturated heterocycles. The third-order valence-electron chi connectivity index (χ3n) is 4.65. The number of amides is 1. The lowest BCUT2D eigenvalue weighted by atomic mass is 10.2. The van der Waals surface area contributed by atoms with E-state index in [-0.39, 0.29) is 23.2 Å². The fourth-order valence-corrected chi connectivity index (χ4v) is 4.42. The van der Waals surface area contributed by atoms with Crippen molar-refractivity contribution in [2.24, 2.45) is 5.14 Å². The standard InChI is InChI=1S/C21H21N5O5S2/c1-2-11-26-20(18-12-30-16-5-3-4-6-17(16)31-18)24-25-21(26)32-13-19(27)23-14-7-9-15(10-8-14)33(22,28)29/h2-10,18H,1,11-13H2,(H,23,27)(H2,22,28,29). The Labute approximate surface area is 194 Å². The van der Waals surface area contributed by atoms with Crippen LogP contribution < -0.4 is 19.9 Å². The predicted octanol–water partition coefficient (Wildman–Crippen LogP) is 2.35. The topological polar surface area (TPSA) is 138 Å². The van der Waals surface area contributed by atoms with Gasteiger partial charge in [0.2, 0.25) is 15.9 Å². The summed E-state index contributed by atoms with van der Waals surface area (Å²) in [6.45, 7) is 4.50. The summed E-state index contributed by atoms with van der Waals surface area (Å²) in [5.41, 5.74) is 0.452. The molecule has 1 amide bonds. The quantitative estimate of drug-likeness (QED) is 0.365. The first kappa shape index (κ1) is 22.8. The highest BCUT2D eigenvalue weighted by molar-refractivity contribution is 7.99. The SMILES string of the molecule is C=CCn1c(SCC(=O)Nc2ccc(S(N)(=O)=O)cc2)nnc1C1COc2ccccc2O1. The second-order valence-corrected chi connectivity index (χ2v) is 9.51. The minimum Gasteiger partial charge on any atom is -0.485 e. The van der Waals surface area contributed by atoms with Crippen molar-refractivity contribution in [1.29, 1.82) is 0 Å². The predicted molar refractivity (Wildman–Crippen MR) is 123 cm³/mol. The van der Waals surface area contributed by atoms with Crippen LogP contribution in [0.25, 0.3) is 0 Å². The van der Waals surface area contributed by atoms with Gasteiger partial charge in [0.15, 0.2) is 28.6 Å². The lowest BCUT2D eigenvalue weighted by molar-refractivity contribution is -0.113. The normalized spacial score (nSPS) is 15.1. The lowest BCUT2D eigenvalue weighted by Crippen LogP contribution is -2.25. The van der Waals surface area contributed by atoms with Crippen LogP contribution in [0.3, 0.4) is 0 Å². The summed E-state index contributed by atoms with van der Waals surface area (Å²) in [7, 11) is -3.79. The summed E-state index contributed by atoms with van der Waals surface area (Å²) in [5, 5.41) is 16.8. The second-order valence-electron chi connectivity index (χ2n) is 7.01. The van der Waals surface area contributed by atoms with Gasteiger partial charge in [-0.25, -0.2) is 13.6 Å². The van der Waals surface area contributed by atoms with Crippen LogP contribution in [-0.4, -0.2) is 41.4 Å². The van der Waals surface area contributed by atoms with Gasteiger partial charge in [-0.15, -0.1) is 16.8 Å². The monoisotopic (exact) mass is 487 g/mol. The molecule has 1 unspecified atom stereocenters. The molecule has 0 spiro atoms. The molecule has 0 saturated carbocycles. The highest BCUT2D eigenvalue weighted by Crippen LogP contribution is 2.36. The zero-order chi connectivity index (χ0) is 23.4. The summed E-state index contributed by atoms with van der Waals surface area (Å²) >= 11 is 1.21. The number of fused-ring (bicyclic) bond motifs is 1. The molecule has 2 heterocycles. The maximum Gasteiger partial charge on any atom is 0.238 e. The first-order chi connectivity index (χ1) is 15.8. The van der Waals surface area contributed by atoms with E-state index >= 15 is 0 Å². The Kier molecular flexibility index (Phi) is 6.67.